The first kappa shape index (κ1) is 16.8. The number of hydrogen-bond acceptors (Lipinski definition) is 4. The molecule has 6 heteroatoms. The van der Waals surface area contributed by atoms with Gasteiger partial charge in [0.1, 0.15) is 0 Å². The topological polar surface area (TPSA) is 44.8 Å². The smallest absolute Gasteiger partial charge is 0.287 e. The second kappa shape index (κ2) is 11.0. The van der Waals surface area contributed by atoms with Crippen LogP contribution in [0.1, 0.15) is 39.5 Å². The van der Waals surface area contributed by atoms with Crippen molar-refractivity contribution in [3.05, 3.63) is 0 Å². The van der Waals surface area contributed by atoms with Crippen LogP contribution in [0.2, 0.25) is 0 Å². The van der Waals surface area contributed by atoms with E-state index >= 15 is 0 Å². The van der Waals surface area contributed by atoms with Gasteiger partial charge in [-0.2, -0.15) is 0 Å². The summed E-state index contributed by atoms with van der Waals surface area (Å²) in [7, 11) is -3.28. The maximum Gasteiger partial charge on any atom is 0.474 e. The lowest BCUT2D eigenvalue weighted by molar-refractivity contribution is 0.120. The predicted molar refractivity (Wildman–Crippen MR) is 74.2 cm³/mol. The minimum atomic E-state index is -3.28. The Hall–Kier alpha value is 0.840. The second-order valence-electron chi connectivity index (χ2n) is 3.22. The molecule has 0 amide bonds. The Balaban J connectivity index is 3.64. The second-order valence-corrected chi connectivity index (χ2v) is 5.97. The van der Waals surface area contributed by atoms with Crippen LogP contribution in [0.15, 0.2) is 0 Å². The van der Waals surface area contributed by atoms with Gasteiger partial charge in [-0.05, 0) is 31.1 Å². The minimum absolute atomic E-state index is 0.339. The van der Waals surface area contributed by atoms with E-state index in [-0.39, 0.29) is 0 Å². The summed E-state index contributed by atoms with van der Waals surface area (Å²) < 4.78 is 28.2. The van der Waals surface area contributed by atoms with Crippen molar-refractivity contribution in [3.63, 3.8) is 0 Å². The number of phosphoric acid groups is 1. The molecule has 0 fully saturated rings. The Morgan fingerprint density at radius 2 is 1.50 bits per heavy atom. The third kappa shape index (κ3) is 8.93. The van der Waals surface area contributed by atoms with Crippen molar-refractivity contribution in [2.75, 3.05) is 24.2 Å². The van der Waals surface area contributed by atoms with Crippen LogP contribution in [0.25, 0.3) is 0 Å². The lowest BCUT2D eigenvalue weighted by atomic mass is 10.2. The van der Waals surface area contributed by atoms with Gasteiger partial charge in [0.2, 0.25) is 0 Å². The molecule has 0 heterocycles. The van der Waals surface area contributed by atoms with E-state index in [4.69, 9.17) is 13.6 Å². The summed E-state index contributed by atoms with van der Waals surface area (Å²) in [6, 6.07) is 0. The molecule has 0 N–H and O–H groups in total. The molecule has 4 nitrogen and oxygen atoms in total. The van der Waals surface area contributed by atoms with Crippen LogP contribution in [0, 0.1) is 0 Å². The Bertz CT molecular complexity index is 191. The van der Waals surface area contributed by atoms with E-state index in [0.717, 1.165) is 12.8 Å². The van der Waals surface area contributed by atoms with Gasteiger partial charge >= 0.3 is 7.82 Å². The number of hydrogen-bond donors (Lipinski definition) is 0. The van der Waals surface area contributed by atoms with E-state index in [1.54, 1.807) is 13.8 Å². The number of unbranched alkanes of at least 4 members (excludes halogenated alkanes) is 3. The van der Waals surface area contributed by atoms with Crippen LogP contribution in [0.4, 0.5) is 0 Å². The van der Waals surface area contributed by atoms with E-state index in [2.05, 4.69) is 22.6 Å². The molecule has 0 spiro atoms. The Morgan fingerprint density at radius 1 is 0.938 bits per heavy atom. The van der Waals surface area contributed by atoms with Crippen LogP contribution >= 0.6 is 30.4 Å². The molecule has 0 aromatic carbocycles. The van der Waals surface area contributed by atoms with Crippen molar-refractivity contribution in [3.8, 4) is 0 Å². The maximum atomic E-state index is 11.8. The zero-order valence-corrected chi connectivity index (χ0v) is 13.2. The lowest BCUT2D eigenvalue weighted by Crippen LogP contribution is -2.01. The average molecular weight is 364 g/mol. The zero-order valence-electron chi connectivity index (χ0n) is 10.1. The van der Waals surface area contributed by atoms with Gasteiger partial charge in [-0.25, -0.2) is 4.57 Å². The molecule has 0 saturated heterocycles. The monoisotopic (exact) mass is 364 g/mol. The summed E-state index contributed by atoms with van der Waals surface area (Å²) in [5.41, 5.74) is 0. The lowest BCUT2D eigenvalue weighted by Gasteiger charge is -2.16. The SMILES string of the molecule is CCOP(=O)(OCC)OCCCCCCI. The number of halogens is 1. The average Bonchev–Trinajstić information content (AvgIpc) is 2.24. The molecule has 0 aromatic rings. The van der Waals surface area contributed by atoms with Crippen LogP contribution in [0.5, 0.6) is 0 Å². The molecular formula is C10H22IO4P. The highest BCUT2D eigenvalue weighted by atomic mass is 127. The molecule has 0 aliphatic heterocycles. The van der Waals surface area contributed by atoms with Crippen molar-refractivity contribution in [1.29, 1.82) is 0 Å². The Morgan fingerprint density at radius 3 is 2.00 bits per heavy atom. The summed E-state index contributed by atoms with van der Waals surface area (Å²) in [5.74, 6) is 0. The fourth-order valence-corrected chi connectivity index (χ4v) is 2.90. The molecule has 0 bridgehead atoms. The standard InChI is InChI=1S/C10H22IO4P/c1-3-13-16(12,14-4-2)15-10-8-6-5-7-9-11/h3-10H2,1-2H3. The zero-order chi connectivity index (χ0) is 12.3. The third-order valence-corrected chi connectivity index (χ3v) is 4.26. The summed E-state index contributed by atoms with van der Waals surface area (Å²) in [5, 5.41) is 0. The molecular weight excluding hydrogens is 342 g/mol. The molecule has 0 aliphatic carbocycles. The highest BCUT2D eigenvalue weighted by molar-refractivity contribution is 14.1. The summed E-state index contributed by atoms with van der Waals surface area (Å²) in [6.45, 7) is 4.67. The van der Waals surface area contributed by atoms with Gasteiger partial charge in [0.25, 0.3) is 0 Å². The summed E-state index contributed by atoms with van der Waals surface area (Å²) in [4.78, 5) is 0. The van der Waals surface area contributed by atoms with Gasteiger partial charge in [0.05, 0.1) is 19.8 Å². The summed E-state index contributed by atoms with van der Waals surface area (Å²) >= 11 is 2.37. The van der Waals surface area contributed by atoms with E-state index in [1.165, 1.54) is 17.3 Å². The van der Waals surface area contributed by atoms with Gasteiger partial charge < -0.3 is 0 Å². The fraction of sp³-hybridized carbons (Fsp3) is 1.00. The van der Waals surface area contributed by atoms with Crippen LogP contribution in [-0.4, -0.2) is 24.2 Å². The van der Waals surface area contributed by atoms with E-state index in [0.29, 0.717) is 19.8 Å². The largest absolute Gasteiger partial charge is 0.474 e. The van der Waals surface area contributed by atoms with Gasteiger partial charge in [-0.15, -0.1) is 0 Å². The highest BCUT2D eigenvalue weighted by Crippen LogP contribution is 2.49. The predicted octanol–water partition coefficient (Wildman–Crippen LogP) is 4.18. The van der Waals surface area contributed by atoms with Crippen LogP contribution < -0.4 is 0 Å². The highest BCUT2D eigenvalue weighted by Gasteiger charge is 2.24. The molecule has 0 aliphatic rings. The molecule has 98 valence electrons. The van der Waals surface area contributed by atoms with Gasteiger partial charge in [-0.3, -0.25) is 13.6 Å². The molecule has 0 radical (unpaired) electrons. The van der Waals surface area contributed by atoms with E-state index < -0.39 is 7.82 Å². The molecule has 0 unspecified atom stereocenters. The molecule has 0 saturated carbocycles. The minimum Gasteiger partial charge on any atom is -0.287 e. The number of alkyl halides is 1. The Kier molecular flexibility index (Phi) is 11.5. The summed E-state index contributed by atoms with van der Waals surface area (Å²) in [6.07, 6.45) is 4.43. The van der Waals surface area contributed by atoms with Crippen molar-refractivity contribution in [2.45, 2.75) is 39.5 Å². The van der Waals surface area contributed by atoms with Crippen molar-refractivity contribution < 1.29 is 18.1 Å². The van der Waals surface area contributed by atoms with Crippen molar-refractivity contribution in [1.82, 2.24) is 0 Å². The number of rotatable bonds is 11. The van der Waals surface area contributed by atoms with Gasteiger partial charge in [0.15, 0.2) is 0 Å². The first-order chi connectivity index (χ1) is 7.68. The van der Waals surface area contributed by atoms with Crippen molar-refractivity contribution in [2.24, 2.45) is 0 Å². The first-order valence-corrected chi connectivity index (χ1v) is 8.76. The number of phosphoric ester groups is 1. The molecule has 0 rings (SSSR count). The normalized spacial score (nSPS) is 11.9. The van der Waals surface area contributed by atoms with Gasteiger partial charge in [-0.1, -0.05) is 35.4 Å². The molecule has 0 atom stereocenters. The van der Waals surface area contributed by atoms with E-state index in [1.807, 2.05) is 0 Å². The van der Waals surface area contributed by atoms with Crippen LogP contribution in [-0.2, 0) is 18.1 Å². The quantitative estimate of drug-likeness (QED) is 0.239. The van der Waals surface area contributed by atoms with Crippen molar-refractivity contribution >= 4 is 30.4 Å². The third-order valence-electron chi connectivity index (χ3n) is 1.85. The van der Waals surface area contributed by atoms with E-state index in [9.17, 15) is 4.57 Å². The molecule has 16 heavy (non-hydrogen) atoms. The molecule has 0 aromatic heterocycles. The first-order valence-electron chi connectivity index (χ1n) is 5.78. The Labute approximate surface area is 112 Å². The fourth-order valence-electron chi connectivity index (χ4n) is 1.15. The van der Waals surface area contributed by atoms with Gasteiger partial charge in [0, 0.05) is 0 Å². The van der Waals surface area contributed by atoms with Crippen LogP contribution in [0.3, 0.4) is 0 Å². The maximum absolute atomic E-state index is 11.8.